The number of rotatable bonds is 7. The van der Waals surface area contributed by atoms with Crippen molar-refractivity contribution in [1.82, 2.24) is 0 Å². The summed E-state index contributed by atoms with van der Waals surface area (Å²) in [5.41, 5.74) is 5.67. The first kappa shape index (κ1) is 20.7. The topological polar surface area (TPSA) is 73.6 Å². The number of carbonyl (C=O) groups excluding carboxylic acids is 1. The minimum Gasteiger partial charge on any atom is -0.497 e. The van der Waals surface area contributed by atoms with Crippen molar-refractivity contribution in [3.8, 4) is 5.75 Å². The van der Waals surface area contributed by atoms with E-state index < -0.39 is 23.8 Å². The molecule has 3 N–H and O–H groups in total. The van der Waals surface area contributed by atoms with Crippen LogP contribution in [0.5, 0.6) is 5.75 Å². The van der Waals surface area contributed by atoms with Crippen LogP contribution in [0.2, 0.25) is 0 Å². The molecule has 2 aromatic rings. The lowest BCUT2D eigenvalue weighted by molar-refractivity contribution is -0.137. The summed E-state index contributed by atoms with van der Waals surface area (Å²) in [6.45, 7) is 1.60. The Morgan fingerprint density at radius 1 is 1.19 bits per heavy atom. The van der Waals surface area contributed by atoms with Gasteiger partial charge in [-0.05, 0) is 48.4 Å². The van der Waals surface area contributed by atoms with E-state index >= 15 is 0 Å². The summed E-state index contributed by atoms with van der Waals surface area (Å²) in [5, 5.41) is 2.44. The van der Waals surface area contributed by atoms with Gasteiger partial charge in [-0.15, -0.1) is 0 Å². The van der Waals surface area contributed by atoms with E-state index in [9.17, 15) is 18.0 Å². The number of carbonyl (C=O) groups is 1. The Hall–Kier alpha value is -2.58. The minimum atomic E-state index is -4.53. The summed E-state index contributed by atoms with van der Waals surface area (Å²) in [6, 6.07) is 10.4. The van der Waals surface area contributed by atoms with Gasteiger partial charge in [0.25, 0.3) is 5.91 Å². The van der Waals surface area contributed by atoms with Crippen molar-refractivity contribution in [2.75, 3.05) is 12.4 Å². The maximum atomic E-state index is 13.0. The quantitative estimate of drug-likeness (QED) is 0.766. The van der Waals surface area contributed by atoms with Gasteiger partial charge < -0.3 is 20.5 Å². The van der Waals surface area contributed by atoms with Crippen LogP contribution < -0.4 is 15.8 Å². The number of methoxy groups -OCH3 is 1. The largest absolute Gasteiger partial charge is 0.497 e. The van der Waals surface area contributed by atoms with Crippen LogP contribution in [0.25, 0.3) is 0 Å². The summed E-state index contributed by atoms with van der Waals surface area (Å²) in [6.07, 6.45) is -5.40. The third-order valence-electron chi connectivity index (χ3n) is 3.83. The lowest BCUT2D eigenvalue weighted by Gasteiger charge is -2.16. The zero-order valence-electron chi connectivity index (χ0n) is 15.0. The average Bonchev–Trinajstić information content (AvgIpc) is 2.65. The third-order valence-corrected chi connectivity index (χ3v) is 3.83. The van der Waals surface area contributed by atoms with Crippen molar-refractivity contribution in [1.29, 1.82) is 0 Å². The molecule has 0 radical (unpaired) electrons. The molecule has 0 heterocycles. The fourth-order valence-corrected chi connectivity index (χ4v) is 2.35. The van der Waals surface area contributed by atoms with Crippen LogP contribution in [0.15, 0.2) is 42.5 Å². The molecule has 0 saturated heterocycles. The summed E-state index contributed by atoms with van der Waals surface area (Å²) in [7, 11) is 1.54. The molecule has 1 amide bonds. The van der Waals surface area contributed by atoms with E-state index in [-0.39, 0.29) is 24.4 Å². The van der Waals surface area contributed by atoms with Crippen LogP contribution >= 0.6 is 0 Å². The molecule has 0 aliphatic rings. The van der Waals surface area contributed by atoms with Crippen LogP contribution in [0.3, 0.4) is 0 Å². The van der Waals surface area contributed by atoms with Gasteiger partial charge in [0.1, 0.15) is 11.9 Å². The molecule has 0 aliphatic heterocycles. The van der Waals surface area contributed by atoms with Crippen LogP contribution in [-0.4, -0.2) is 19.1 Å². The van der Waals surface area contributed by atoms with Crippen molar-refractivity contribution in [2.45, 2.75) is 32.4 Å². The maximum absolute atomic E-state index is 13.0. The molecular weight excluding hydrogens is 361 g/mol. The second-order valence-corrected chi connectivity index (χ2v) is 5.91. The smallest absolute Gasteiger partial charge is 0.416 e. The van der Waals surface area contributed by atoms with E-state index in [0.717, 1.165) is 17.7 Å². The summed E-state index contributed by atoms with van der Waals surface area (Å²) < 4.78 is 49.5. The van der Waals surface area contributed by atoms with Crippen molar-refractivity contribution in [3.63, 3.8) is 0 Å². The standard InChI is InChI=1S/C19H21F3N2O3/c1-12(27-11-13-4-3-5-17(8-13)26-2)18(25)24-16-7-14(10-23)6-15(9-16)19(20,21)22/h3-9,12H,10-11,23H2,1-2H3,(H,24,25). The molecule has 5 nitrogen and oxygen atoms in total. The van der Waals surface area contributed by atoms with Crippen LogP contribution in [-0.2, 0) is 28.9 Å². The first-order valence-corrected chi connectivity index (χ1v) is 8.19. The van der Waals surface area contributed by atoms with Crippen LogP contribution in [0.1, 0.15) is 23.6 Å². The predicted octanol–water partition coefficient (Wildman–Crippen LogP) is 3.72. The van der Waals surface area contributed by atoms with Gasteiger partial charge in [0, 0.05) is 12.2 Å². The monoisotopic (exact) mass is 382 g/mol. The van der Waals surface area contributed by atoms with Gasteiger partial charge in [0.15, 0.2) is 0 Å². The van der Waals surface area contributed by atoms with Gasteiger partial charge in [-0.2, -0.15) is 13.2 Å². The Kier molecular flexibility index (Phi) is 6.81. The Balaban J connectivity index is 2.03. The van der Waals surface area contributed by atoms with E-state index in [1.165, 1.54) is 13.0 Å². The summed E-state index contributed by atoms with van der Waals surface area (Å²) in [5.74, 6) is 0.103. The van der Waals surface area contributed by atoms with Gasteiger partial charge in [0.2, 0.25) is 0 Å². The normalized spacial score (nSPS) is 12.5. The molecule has 0 aliphatic carbocycles. The highest BCUT2D eigenvalue weighted by atomic mass is 19.4. The SMILES string of the molecule is COc1cccc(COC(C)C(=O)Nc2cc(CN)cc(C(F)(F)F)c2)c1. The van der Waals surface area contributed by atoms with E-state index in [2.05, 4.69) is 5.32 Å². The molecule has 0 spiro atoms. The number of anilines is 1. The maximum Gasteiger partial charge on any atom is 0.416 e. The van der Waals surface area contributed by atoms with E-state index in [0.29, 0.717) is 5.75 Å². The van der Waals surface area contributed by atoms with Gasteiger partial charge in [-0.25, -0.2) is 0 Å². The molecule has 0 fully saturated rings. The molecule has 2 aromatic carbocycles. The van der Waals surface area contributed by atoms with Crippen molar-refractivity contribution < 1.29 is 27.4 Å². The van der Waals surface area contributed by atoms with Crippen LogP contribution in [0, 0.1) is 0 Å². The zero-order chi connectivity index (χ0) is 20.0. The number of hydrogen-bond acceptors (Lipinski definition) is 4. The third kappa shape index (κ3) is 5.97. The van der Waals surface area contributed by atoms with Crippen molar-refractivity contribution >= 4 is 11.6 Å². The highest BCUT2D eigenvalue weighted by Gasteiger charge is 2.31. The number of nitrogens with one attached hydrogen (secondary N) is 1. The average molecular weight is 382 g/mol. The first-order valence-electron chi connectivity index (χ1n) is 8.19. The van der Waals surface area contributed by atoms with Gasteiger partial charge in [0.05, 0.1) is 19.3 Å². The Labute approximate surface area is 155 Å². The van der Waals surface area contributed by atoms with Crippen molar-refractivity contribution in [3.05, 3.63) is 59.2 Å². The number of nitrogens with two attached hydrogens (primary N) is 1. The van der Waals surface area contributed by atoms with Crippen molar-refractivity contribution in [2.24, 2.45) is 5.73 Å². The molecule has 0 saturated carbocycles. The summed E-state index contributed by atoms with van der Waals surface area (Å²) in [4.78, 5) is 12.2. The van der Waals surface area contributed by atoms with Crippen LogP contribution in [0.4, 0.5) is 18.9 Å². The number of ether oxygens (including phenoxy) is 2. The van der Waals surface area contributed by atoms with E-state index in [1.807, 2.05) is 6.07 Å². The molecule has 2 rings (SSSR count). The number of hydrogen-bond donors (Lipinski definition) is 2. The number of alkyl halides is 3. The second-order valence-electron chi connectivity index (χ2n) is 5.91. The molecule has 0 bridgehead atoms. The molecule has 1 unspecified atom stereocenters. The molecule has 1 atom stereocenters. The molecule has 146 valence electrons. The number of benzene rings is 2. The highest BCUT2D eigenvalue weighted by molar-refractivity contribution is 5.94. The Morgan fingerprint density at radius 2 is 1.93 bits per heavy atom. The van der Waals surface area contributed by atoms with Gasteiger partial charge in [-0.3, -0.25) is 4.79 Å². The molecule has 0 aromatic heterocycles. The van der Waals surface area contributed by atoms with E-state index in [1.54, 1.807) is 25.3 Å². The van der Waals surface area contributed by atoms with E-state index in [4.69, 9.17) is 15.2 Å². The molecular formula is C19H21F3N2O3. The Bertz CT molecular complexity index is 794. The highest BCUT2D eigenvalue weighted by Crippen LogP contribution is 2.32. The lowest BCUT2D eigenvalue weighted by Crippen LogP contribution is -2.28. The zero-order valence-corrected chi connectivity index (χ0v) is 15.0. The fraction of sp³-hybridized carbons (Fsp3) is 0.316. The Morgan fingerprint density at radius 3 is 2.56 bits per heavy atom. The predicted molar refractivity (Wildman–Crippen MR) is 95.2 cm³/mol. The number of amides is 1. The molecule has 27 heavy (non-hydrogen) atoms. The number of halogens is 3. The summed E-state index contributed by atoms with van der Waals surface area (Å²) >= 11 is 0. The first-order chi connectivity index (χ1) is 12.7. The van der Waals surface area contributed by atoms with Gasteiger partial charge >= 0.3 is 6.18 Å². The second kappa shape index (κ2) is 8.88. The molecule has 8 heteroatoms. The lowest BCUT2D eigenvalue weighted by atomic mass is 10.1. The fourth-order valence-electron chi connectivity index (χ4n) is 2.35. The van der Waals surface area contributed by atoms with Gasteiger partial charge in [-0.1, -0.05) is 12.1 Å². The minimum absolute atomic E-state index is 0.0205.